The van der Waals surface area contributed by atoms with Gasteiger partial charge in [0.05, 0.1) is 47.4 Å². The third-order valence-electron chi connectivity index (χ3n) is 14.6. The maximum atomic E-state index is 13.6. The SMILES string of the molecule is COc1ccc(C2=CC(OC(=O)CCC(=O)O[C@@H]3O[C@@H]4C[C@@]5(C)CC[C@H]6[C@H](C)CC[C@@H]([C@H]3C)[C@@]46OO5)CCc3c2cc(OC)c(OC)c3OC)cc1O[Si](C)(C)C(C)(C)C. The molecule has 3 aliphatic heterocycles. The number of ether oxygens (including phenoxy) is 7. The average Bonchev–Trinajstić information content (AvgIpc) is 3.54. The van der Waals surface area contributed by atoms with E-state index >= 15 is 0 Å². The Kier molecular flexibility index (Phi) is 12.4. The van der Waals surface area contributed by atoms with Gasteiger partial charge in [0.1, 0.15) is 23.1 Å². The zero-order chi connectivity index (χ0) is 43.4. The summed E-state index contributed by atoms with van der Waals surface area (Å²) in [6, 6.07) is 7.80. The van der Waals surface area contributed by atoms with Crippen molar-refractivity contribution in [1.82, 2.24) is 0 Å². The van der Waals surface area contributed by atoms with E-state index < -0.39 is 43.9 Å². The van der Waals surface area contributed by atoms with Gasteiger partial charge in [0.15, 0.2) is 17.2 Å². The van der Waals surface area contributed by atoms with Crippen LogP contribution in [0.3, 0.4) is 0 Å². The van der Waals surface area contributed by atoms with Crippen LogP contribution in [0.5, 0.6) is 28.7 Å². The highest BCUT2D eigenvalue weighted by Crippen LogP contribution is 2.61. The maximum absolute atomic E-state index is 13.6. The Bertz CT molecular complexity index is 1970. The number of rotatable bonds is 12. The Morgan fingerprint density at radius 2 is 1.52 bits per heavy atom. The van der Waals surface area contributed by atoms with Crippen molar-refractivity contribution in [2.45, 2.75) is 147 Å². The highest BCUT2D eigenvalue weighted by Gasteiger charge is 2.68. The fraction of sp³-hybridized carbons (Fsp3) is 0.660. The number of hydrogen-bond acceptors (Lipinski definition) is 12. The molecule has 12 nitrogen and oxygen atoms in total. The lowest BCUT2D eigenvalue weighted by Gasteiger charge is -2.60. The van der Waals surface area contributed by atoms with Crippen LogP contribution in [0.1, 0.15) is 110 Å². The van der Waals surface area contributed by atoms with Gasteiger partial charge in [-0.3, -0.25) is 9.59 Å². The van der Waals surface area contributed by atoms with Crippen molar-refractivity contribution in [2.24, 2.45) is 23.7 Å². The summed E-state index contributed by atoms with van der Waals surface area (Å²) >= 11 is 0. The predicted molar refractivity (Wildman–Crippen MR) is 228 cm³/mol. The Hall–Kier alpha value is -3.78. The fourth-order valence-electron chi connectivity index (χ4n) is 10.2. The largest absolute Gasteiger partial charge is 0.541 e. The van der Waals surface area contributed by atoms with E-state index in [1.165, 1.54) is 0 Å². The van der Waals surface area contributed by atoms with Crippen molar-refractivity contribution in [3.63, 3.8) is 0 Å². The van der Waals surface area contributed by atoms with Crippen molar-refractivity contribution < 1.29 is 56.9 Å². The molecule has 1 unspecified atom stereocenters. The van der Waals surface area contributed by atoms with E-state index in [4.69, 9.17) is 47.4 Å². The van der Waals surface area contributed by atoms with Crippen LogP contribution in [-0.4, -0.2) is 78.4 Å². The molecule has 0 N–H and O–H groups in total. The van der Waals surface area contributed by atoms with Crippen LogP contribution in [0, 0.1) is 23.7 Å². The second-order valence-electron chi connectivity index (χ2n) is 19.4. The summed E-state index contributed by atoms with van der Waals surface area (Å²) in [6.45, 7) is 17.4. The quantitative estimate of drug-likeness (QED) is 0.115. The van der Waals surface area contributed by atoms with Crippen LogP contribution < -0.4 is 23.4 Å². The van der Waals surface area contributed by atoms with Crippen LogP contribution >= 0.6 is 0 Å². The second kappa shape index (κ2) is 16.8. The van der Waals surface area contributed by atoms with Gasteiger partial charge in [-0.25, -0.2) is 9.78 Å². The van der Waals surface area contributed by atoms with Crippen LogP contribution in [0.25, 0.3) is 5.57 Å². The van der Waals surface area contributed by atoms with Crippen molar-refractivity contribution in [1.29, 1.82) is 0 Å². The number of carbonyl (C=O) groups excluding carboxylic acids is 2. The molecule has 1 spiro atoms. The summed E-state index contributed by atoms with van der Waals surface area (Å²) in [7, 11) is 4.14. The molecule has 2 saturated carbocycles. The highest BCUT2D eigenvalue weighted by molar-refractivity contribution is 6.74. The second-order valence-corrected chi connectivity index (χ2v) is 24.1. The van der Waals surface area contributed by atoms with E-state index in [1.54, 1.807) is 28.4 Å². The molecule has 6 aliphatic rings. The molecule has 2 aromatic carbocycles. The molecule has 9 atom stereocenters. The number of carbonyl (C=O) groups is 2. The molecule has 5 fully saturated rings. The minimum atomic E-state index is -2.27. The number of esters is 2. The molecule has 0 aromatic heterocycles. The van der Waals surface area contributed by atoms with Crippen molar-refractivity contribution in [3.05, 3.63) is 47.0 Å². The van der Waals surface area contributed by atoms with E-state index in [-0.39, 0.29) is 35.8 Å². The van der Waals surface area contributed by atoms with Gasteiger partial charge in [-0.2, -0.15) is 0 Å². The molecule has 2 aromatic rings. The fourth-order valence-corrected chi connectivity index (χ4v) is 11.2. The van der Waals surface area contributed by atoms with Gasteiger partial charge in [-0.05, 0) is 116 Å². The first kappa shape index (κ1) is 44.3. The molecule has 0 amide bonds. The molecule has 3 heterocycles. The van der Waals surface area contributed by atoms with Gasteiger partial charge in [0.2, 0.25) is 12.0 Å². The summed E-state index contributed by atoms with van der Waals surface area (Å²) in [6.07, 6.45) is 5.71. The summed E-state index contributed by atoms with van der Waals surface area (Å²) in [4.78, 5) is 39.6. The topological polar surface area (TPSA) is 126 Å². The zero-order valence-electron chi connectivity index (χ0n) is 37.7. The monoisotopic (exact) mass is 850 g/mol. The molecule has 330 valence electrons. The third-order valence-corrected chi connectivity index (χ3v) is 18.9. The van der Waals surface area contributed by atoms with Crippen LogP contribution in [0.4, 0.5) is 0 Å². The van der Waals surface area contributed by atoms with Gasteiger partial charge >= 0.3 is 11.9 Å². The van der Waals surface area contributed by atoms with Gasteiger partial charge in [0.25, 0.3) is 8.32 Å². The predicted octanol–water partition coefficient (Wildman–Crippen LogP) is 9.38. The van der Waals surface area contributed by atoms with Gasteiger partial charge < -0.3 is 37.6 Å². The lowest BCUT2D eigenvalue weighted by Crippen LogP contribution is -2.69. The summed E-state index contributed by atoms with van der Waals surface area (Å²) < 4.78 is 49.0. The Balaban J connectivity index is 1.10. The number of benzene rings is 2. The first-order valence-electron chi connectivity index (χ1n) is 21.7. The average molecular weight is 851 g/mol. The van der Waals surface area contributed by atoms with Crippen LogP contribution in [0.15, 0.2) is 30.3 Å². The standard InChI is InChI=1S/C47H66O12Si/c1-27-13-17-35-28(2)44(55-39-26-46(6)22-21-34(27)47(35,39)59-58-46)56-41(49)20-19-40(48)54-30-15-16-31-33(25-38(51-8)43(53-10)42(31)52-9)32(24-30)29-14-18-36(50-7)37(23-29)57-60(11,12)45(3,4)5/h14,18,23-25,27-28,30,34-35,39,44H,13,15-17,19-22,26H2,1-12H3/t27-,28-,30?,34+,35+,39-,44+,46-,47-/m1/s1. The highest BCUT2D eigenvalue weighted by atomic mass is 28.4. The molecule has 60 heavy (non-hydrogen) atoms. The summed E-state index contributed by atoms with van der Waals surface area (Å²) in [5.41, 5.74) is 2.39. The Morgan fingerprint density at radius 1 is 0.817 bits per heavy atom. The molecule has 8 rings (SSSR count). The third kappa shape index (κ3) is 8.04. The number of methoxy groups -OCH3 is 4. The molecule has 2 bridgehead atoms. The molecule has 3 saturated heterocycles. The van der Waals surface area contributed by atoms with Gasteiger partial charge in [-0.15, -0.1) is 0 Å². The lowest BCUT2D eigenvalue weighted by molar-refractivity contribution is -0.494. The normalized spacial score (nSPS) is 31.0. The van der Waals surface area contributed by atoms with E-state index in [1.807, 2.05) is 30.3 Å². The maximum Gasteiger partial charge on any atom is 0.308 e. The van der Waals surface area contributed by atoms with E-state index in [0.717, 1.165) is 47.9 Å². The van der Waals surface area contributed by atoms with E-state index in [9.17, 15) is 9.59 Å². The molecular weight excluding hydrogens is 785 g/mol. The molecule has 0 radical (unpaired) electrons. The minimum absolute atomic E-state index is 0.0506. The van der Waals surface area contributed by atoms with E-state index in [0.29, 0.717) is 59.8 Å². The first-order chi connectivity index (χ1) is 28.4. The number of hydrogen-bond donors (Lipinski definition) is 0. The summed E-state index contributed by atoms with van der Waals surface area (Å²) in [5, 5.41) is -0.0506. The van der Waals surface area contributed by atoms with Crippen LogP contribution in [-0.2, 0) is 40.0 Å². The van der Waals surface area contributed by atoms with Crippen molar-refractivity contribution >= 4 is 25.8 Å². The van der Waals surface area contributed by atoms with E-state index in [2.05, 4.69) is 54.6 Å². The van der Waals surface area contributed by atoms with Gasteiger partial charge in [0, 0.05) is 23.8 Å². The first-order valence-corrected chi connectivity index (χ1v) is 24.6. The molecule has 13 heteroatoms. The Morgan fingerprint density at radius 3 is 2.18 bits per heavy atom. The Labute approximate surface area is 356 Å². The zero-order valence-corrected chi connectivity index (χ0v) is 38.7. The van der Waals surface area contributed by atoms with Gasteiger partial charge in [-0.1, -0.05) is 40.7 Å². The smallest absolute Gasteiger partial charge is 0.308 e. The number of fused-ring (bicyclic) bond motifs is 3. The molecular formula is C47H66O12Si. The van der Waals surface area contributed by atoms with Crippen molar-refractivity contribution in [2.75, 3.05) is 28.4 Å². The van der Waals surface area contributed by atoms with Crippen LogP contribution in [0.2, 0.25) is 18.1 Å². The lowest BCUT2D eigenvalue weighted by atomic mass is 9.56. The summed E-state index contributed by atoms with van der Waals surface area (Å²) in [5.74, 6) is 2.63. The van der Waals surface area contributed by atoms with Crippen molar-refractivity contribution in [3.8, 4) is 28.7 Å². The minimum Gasteiger partial charge on any atom is -0.541 e. The molecule has 3 aliphatic carbocycles.